The third-order valence-electron chi connectivity index (χ3n) is 3.58. The van der Waals surface area contributed by atoms with E-state index in [4.69, 9.17) is 5.73 Å². The van der Waals surface area contributed by atoms with Gasteiger partial charge in [-0.1, -0.05) is 20.8 Å². The molecule has 1 unspecified atom stereocenters. The Bertz CT molecular complexity index is 546. The fourth-order valence-corrected chi connectivity index (χ4v) is 2.51. The number of anilines is 1. The van der Waals surface area contributed by atoms with Gasteiger partial charge in [0.05, 0.1) is 17.3 Å². The van der Waals surface area contributed by atoms with Crippen LogP contribution in [0.4, 0.5) is 10.1 Å². The first-order valence-corrected chi connectivity index (χ1v) is 7.23. The van der Waals surface area contributed by atoms with Crippen LogP contribution in [-0.4, -0.2) is 18.2 Å². The van der Waals surface area contributed by atoms with Gasteiger partial charge in [0, 0.05) is 5.41 Å². The summed E-state index contributed by atoms with van der Waals surface area (Å²) >= 11 is 0. The zero-order chi connectivity index (χ0) is 15.6. The lowest BCUT2D eigenvalue weighted by Crippen LogP contribution is -2.32. The molecule has 114 valence electrons. The van der Waals surface area contributed by atoms with Gasteiger partial charge in [0.15, 0.2) is 0 Å². The quantitative estimate of drug-likeness (QED) is 0.927. The lowest BCUT2D eigenvalue weighted by molar-refractivity contribution is -0.120. The molecule has 0 bridgehead atoms. The maximum Gasteiger partial charge on any atom is 0.256 e. The minimum Gasteiger partial charge on any atom is -0.330 e. The molecule has 1 atom stereocenters. The Morgan fingerprint density at radius 1 is 1.29 bits per heavy atom. The second kappa shape index (κ2) is 5.93. The van der Waals surface area contributed by atoms with Crippen LogP contribution >= 0.6 is 0 Å². The van der Waals surface area contributed by atoms with E-state index in [2.05, 4.69) is 5.10 Å². The Labute approximate surface area is 124 Å². The van der Waals surface area contributed by atoms with Gasteiger partial charge in [-0.05, 0) is 43.7 Å². The molecule has 0 fully saturated rings. The first kappa shape index (κ1) is 15.6. The molecular weight excluding hydrogens is 269 g/mol. The molecule has 0 saturated carbocycles. The summed E-state index contributed by atoms with van der Waals surface area (Å²) < 4.78 is 13.0. The molecule has 0 spiro atoms. The molecule has 4 nitrogen and oxygen atoms in total. The van der Waals surface area contributed by atoms with E-state index in [0.717, 1.165) is 12.1 Å². The molecule has 1 amide bonds. The number of hydrogen-bond acceptors (Lipinski definition) is 3. The standard InChI is InChI=1S/C16H22FN3O/c1-16(2,3)14-13(5-4-10-18)15(21)20(19-14)12-8-6-11(17)7-9-12/h6-9,13H,4-5,10,18H2,1-3H3. The molecule has 1 aromatic rings. The van der Waals surface area contributed by atoms with E-state index in [1.807, 2.05) is 20.8 Å². The number of hydrogen-bond donors (Lipinski definition) is 1. The molecule has 0 radical (unpaired) electrons. The summed E-state index contributed by atoms with van der Waals surface area (Å²) in [7, 11) is 0. The number of halogens is 1. The second-order valence-corrected chi connectivity index (χ2v) is 6.35. The molecule has 0 aromatic heterocycles. The molecule has 2 rings (SSSR count). The van der Waals surface area contributed by atoms with Crippen molar-refractivity contribution >= 4 is 17.3 Å². The monoisotopic (exact) mass is 291 g/mol. The van der Waals surface area contributed by atoms with Crippen molar-refractivity contribution in [2.24, 2.45) is 22.2 Å². The molecule has 5 heteroatoms. The van der Waals surface area contributed by atoms with Gasteiger partial charge in [-0.3, -0.25) is 4.79 Å². The average molecular weight is 291 g/mol. The lowest BCUT2D eigenvalue weighted by atomic mass is 9.80. The molecule has 1 heterocycles. The fourth-order valence-electron chi connectivity index (χ4n) is 2.51. The fraction of sp³-hybridized carbons (Fsp3) is 0.500. The van der Waals surface area contributed by atoms with Gasteiger partial charge < -0.3 is 5.73 Å². The minimum absolute atomic E-state index is 0.0556. The van der Waals surface area contributed by atoms with Gasteiger partial charge in [-0.25, -0.2) is 9.40 Å². The van der Waals surface area contributed by atoms with Crippen molar-refractivity contribution in [2.45, 2.75) is 33.6 Å². The maximum atomic E-state index is 13.0. The van der Waals surface area contributed by atoms with Crippen LogP contribution in [0.25, 0.3) is 0 Å². The van der Waals surface area contributed by atoms with E-state index in [9.17, 15) is 9.18 Å². The van der Waals surface area contributed by atoms with Gasteiger partial charge in [0.2, 0.25) is 0 Å². The van der Waals surface area contributed by atoms with Gasteiger partial charge >= 0.3 is 0 Å². The SMILES string of the molecule is CC(C)(C)C1=NN(c2ccc(F)cc2)C(=O)C1CCCN. The van der Waals surface area contributed by atoms with E-state index in [0.29, 0.717) is 18.7 Å². The van der Waals surface area contributed by atoms with Crippen molar-refractivity contribution in [1.82, 2.24) is 0 Å². The van der Waals surface area contributed by atoms with Gasteiger partial charge in [-0.2, -0.15) is 5.10 Å². The van der Waals surface area contributed by atoms with E-state index in [-0.39, 0.29) is 23.1 Å². The van der Waals surface area contributed by atoms with Crippen LogP contribution in [0.2, 0.25) is 0 Å². The number of hydrazone groups is 1. The van der Waals surface area contributed by atoms with Crippen molar-refractivity contribution in [3.8, 4) is 0 Å². The van der Waals surface area contributed by atoms with Crippen LogP contribution in [0, 0.1) is 17.2 Å². The van der Waals surface area contributed by atoms with Crippen LogP contribution in [0.15, 0.2) is 29.4 Å². The van der Waals surface area contributed by atoms with E-state index < -0.39 is 0 Å². The molecule has 1 aliphatic heterocycles. The highest BCUT2D eigenvalue weighted by Gasteiger charge is 2.41. The van der Waals surface area contributed by atoms with Crippen molar-refractivity contribution in [1.29, 1.82) is 0 Å². The lowest BCUT2D eigenvalue weighted by Gasteiger charge is -2.22. The largest absolute Gasteiger partial charge is 0.330 e. The highest BCUT2D eigenvalue weighted by molar-refractivity contribution is 6.17. The third kappa shape index (κ3) is 3.29. The van der Waals surface area contributed by atoms with Crippen LogP contribution < -0.4 is 10.7 Å². The summed E-state index contributed by atoms with van der Waals surface area (Å²) in [6, 6.07) is 5.81. The van der Waals surface area contributed by atoms with Crippen LogP contribution in [-0.2, 0) is 4.79 Å². The summed E-state index contributed by atoms with van der Waals surface area (Å²) in [5.74, 6) is -0.622. The van der Waals surface area contributed by atoms with Crippen molar-refractivity contribution < 1.29 is 9.18 Å². The number of carbonyl (C=O) groups is 1. The normalized spacial score (nSPS) is 19.1. The first-order valence-electron chi connectivity index (χ1n) is 7.23. The smallest absolute Gasteiger partial charge is 0.256 e. The van der Waals surface area contributed by atoms with E-state index in [1.54, 1.807) is 12.1 Å². The average Bonchev–Trinajstić information content (AvgIpc) is 2.74. The molecular formula is C16H22FN3O. The second-order valence-electron chi connectivity index (χ2n) is 6.35. The van der Waals surface area contributed by atoms with E-state index >= 15 is 0 Å². The van der Waals surface area contributed by atoms with Crippen molar-refractivity contribution in [3.63, 3.8) is 0 Å². The molecule has 1 aromatic carbocycles. The van der Waals surface area contributed by atoms with Gasteiger partial charge in [-0.15, -0.1) is 0 Å². The van der Waals surface area contributed by atoms with Crippen molar-refractivity contribution in [2.75, 3.05) is 11.6 Å². The highest BCUT2D eigenvalue weighted by Crippen LogP contribution is 2.33. The number of carbonyl (C=O) groups excluding carboxylic acids is 1. The first-order chi connectivity index (χ1) is 9.84. The number of amides is 1. The Morgan fingerprint density at radius 2 is 1.90 bits per heavy atom. The number of benzene rings is 1. The maximum absolute atomic E-state index is 13.0. The predicted molar refractivity (Wildman–Crippen MR) is 82.6 cm³/mol. The zero-order valence-corrected chi connectivity index (χ0v) is 12.8. The summed E-state index contributed by atoms with van der Waals surface area (Å²) in [6.45, 7) is 6.69. The Kier molecular flexibility index (Phi) is 4.42. The molecule has 0 saturated heterocycles. The Morgan fingerprint density at radius 3 is 2.43 bits per heavy atom. The predicted octanol–water partition coefficient (Wildman–Crippen LogP) is 2.93. The summed E-state index contributed by atoms with van der Waals surface area (Å²) in [5, 5.41) is 5.90. The van der Waals surface area contributed by atoms with Gasteiger partial charge in [0.25, 0.3) is 5.91 Å². The summed E-state index contributed by atoms with van der Waals surface area (Å²) in [4.78, 5) is 12.6. The Hall–Kier alpha value is -1.75. The highest BCUT2D eigenvalue weighted by atomic mass is 19.1. The minimum atomic E-state index is -0.329. The van der Waals surface area contributed by atoms with Crippen LogP contribution in [0.1, 0.15) is 33.6 Å². The molecule has 0 aliphatic carbocycles. The molecule has 21 heavy (non-hydrogen) atoms. The van der Waals surface area contributed by atoms with E-state index in [1.165, 1.54) is 17.1 Å². The third-order valence-corrected chi connectivity index (χ3v) is 3.58. The summed E-state index contributed by atoms with van der Waals surface area (Å²) in [5.41, 5.74) is 6.83. The number of rotatable bonds is 4. The molecule has 2 N–H and O–H groups in total. The number of nitrogens with two attached hydrogens (primary N) is 1. The molecule has 1 aliphatic rings. The number of nitrogens with zero attached hydrogens (tertiary/aromatic N) is 2. The van der Waals surface area contributed by atoms with Crippen LogP contribution in [0.5, 0.6) is 0 Å². The Balaban J connectivity index is 2.33. The van der Waals surface area contributed by atoms with Crippen molar-refractivity contribution in [3.05, 3.63) is 30.1 Å². The van der Waals surface area contributed by atoms with Crippen LogP contribution in [0.3, 0.4) is 0 Å². The zero-order valence-electron chi connectivity index (χ0n) is 12.8. The topological polar surface area (TPSA) is 58.7 Å². The van der Waals surface area contributed by atoms with Gasteiger partial charge in [0.1, 0.15) is 5.82 Å². The summed E-state index contributed by atoms with van der Waals surface area (Å²) in [6.07, 6.45) is 1.48.